The van der Waals surface area contributed by atoms with Gasteiger partial charge in [-0.15, -0.1) is 0 Å². The molecule has 0 saturated carbocycles. The number of nitrogens with one attached hydrogen (secondary N) is 2. The van der Waals surface area contributed by atoms with E-state index in [4.69, 9.17) is 9.57 Å². The van der Waals surface area contributed by atoms with E-state index in [1.54, 1.807) is 24.3 Å². The average molecular weight is 353 g/mol. The highest BCUT2D eigenvalue weighted by Crippen LogP contribution is 2.19. The number of nitrogens with zero attached hydrogens (tertiary/aromatic N) is 1. The van der Waals surface area contributed by atoms with Gasteiger partial charge in [0.1, 0.15) is 6.61 Å². The van der Waals surface area contributed by atoms with Crippen molar-refractivity contribution in [3.05, 3.63) is 60.2 Å². The zero-order chi connectivity index (χ0) is 18.4. The Balaban J connectivity index is 1.53. The molecule has 2 N–H and O–H groups in total. The van der Waals surface area contributed by atoms with Crippen molar-refractivity contribution in [2.45, 2.75) is 12.5 Å². The third-order valence-electron chi connectivity index (χ3n) is 3.78. The average Bonchev–Trinajstić information content (AvgIpc) is 3.15. The minimum Gasteiger partial charge on any atom is -0.382 e. The molecule has 0 aliphatic carbocycles. The van der Waals surface area contributed by atoms with Crippen LogP contribution in [0.25, 0.3) is 0 Å². The third-order valence-corrected chi connectivity index (χ3v) is 3.78. The number of hydrogen-bond acceptors (Lipinski definition) is 5. The molecule has 0 aromatic heterocycles. The quantitative estimate of drug-likeness (QED) is 0.835. The van der Waals surface area contributed by atoms with Gasteiger partial charge >= 0.3 is 0 Å². The summed E-state index contributed by atoms with van der Waals surface area (Å²) in [6.45, 7) is -0.0126. The van der Waals surface area contributed by atoms with E-state index >= 15 is 0 Å². The fourth-order valence-electron chi connectivity index (χ4n) is 2.51. The van der Waals surface area contributed by atoms with Crippen molar-refractivity contribution in [3.8, 4) is 0 Å². The molecule has 1 heterocycles. The van der Waals surface area contributed by atoms with E-state index in [9.17, 15) is 9.59 Å². The summed E-state index contributed by atoms with van der Waals surface area (Å²) in [5.74, 6) is -0.509. The summed E-state index contributed by atoms with van der Waals surface area (Å²) in [4.78, 5) is 29.1. The first-order valence-corrected chi connectivity index (χ1v) is 8.13. The highest BCUT2D eigenvalue weighted by Gasteiger charge is 2.28. The number of oxime groups is 1. The van der Waals surface area contributed by atoms with Gasteiger partial charge in [-0.1, -0.05) is 35.5 Å². The first-order chi connectivity index (χ1) is 12.7. The van der Waals surface area contributed by atoms with Crippen LogP contribution < -0.4 is 10.6 Å². The number of amides is 2. The Kier molecular flexibility index (Phi) is 5.60. The van der Waals surface area contributed by atoms with E-state index < -0.39 is 6.10 Å². The summed E-state index contributed by atoms with van der Waals surface area (Å²) in [5.41, 5.74) is 2.93. The SMILES string of the molecule is COCC(=O)Nc1ccc(NC(=O)C2CC(c3ccccc3)=NO2)cc1. The first kappa shape index (κ1) is 17.6. The minimum absolute atomic E-state index is 0.0126. The van der Waals surface area contributed by atoms with Gasteiger partial charge in [-0.2, -0.15) is 0 Å². The lowest BCUT2D eigenvalue weighted by atomic mass is 10.0. The van der Waals surface area contributed by atoms with Crippen LogP contribution in [-0.4, -0.2) is 37.3 Å². The van der Waals surface area contributed by atoms with E-state index in [1.165, 1.54) is 7.11 Å². The largest absolute Gasteiger partial charge is 0.382 e. The van der Waals surface area contributed by atoms with E-state index in [-0.39, 0.29) is 18.4 Å². The van der Waals surface area contributed by atoms with Crippen LogP contribution in [0.5, 0.6) is 0 Å². The monoisotopic (exact) mass is 353 g/mol. The summed E-state index contributed by atoms with van der Waals surface area (Å²) >= 11 is 0. The fourth-order valence-corrected chi connectivity index (χ4v) is 2.51. The topological polar surface area (TPSA) is 89.0 Å². The van der Waals surface area contributed by atoms with Crippen molar-refractivity contribution >= 4 is 28.9 Å². The Morgan fingerprint density at radius 2 is 1.73 bits per heavy atom. The molecule has 2 amide bonds. The number of carbonyl (C=O) groups excluding carboxylic acids is 2. The molecule has 0 radical (unpaired) electrons. The Labute approximate surface area is 151 Å². The van der Waals surface area contributed by atoms with Crippen LogP contribution in [-0.2, 0) is 19.2 Å². The zero-order valence-corrected chi connectivity index (χ0v) is 14.3. The molecule has 1 unspecified atom stereocenters. The molecule has 0 spiro atoms. The number of rotatable bonds is 6. The highest BCUT2D eigenvalue weighted by atomic mass is 16.6. The molecule has 1 aliphatic heterocycles. The van der Waals surface area contributed by atoms with Crippen LogP contribution in [0.1, 0.15) is 12.0 Å². The van der Waals surface area contributed by atoms with Crippen LogP contribution in [0.3, 0.4) is 0 Å². The first-order valence-electron chi connectivity index (χ1n) is 8.13. The van der Waals surface area contributed by atoms with Gasteiger partial charge in [0, 0.05) is 24.9 Å². The Morgan fingerprint density at radius 3 is 2.38 bits per heavy atom. The van der Waals surface area contributed by atoms with Gasteiger partial charge in [0.25, 0.3) is 5.91 Å². The molecular weight excluding hydrogens is 334 g/mol. The van der Waals surface area contributed by atoms with Gasteiger partial charge in [-0.25, -0.2) is 0 Å². The maximum atomic E-state index is 12.3. The van der Waals surface area contributed by atoms with Gasteiger partial charge in [0.15, 0.2) is 0 Å². The summed E-state index contributed by atoms with van der Waals surface area (Å²) in [7, 11) is 1.45. The molecule has 0 bridgehead atoms. The Bertz CT molecular complexity index is 803. The second-order valence-corrected chi connectivity index (χ2v) is 5.75. The van der Waals surface area contributed by atoms with Crippen molar-refractivity contribution in [1.29, 1.82) is 0 Å². The summed E-state index contributed by atoms with van der Waals surface area (Å²) in [5, 5.41) is 9.48. The maximum absolute atomic E-state index is 12.3. The van der Waals surface area contributed by atoms with Crippen LogP contribution in [0.2, 0.25) is 0 Å². The molecule has 26 heavy (non-hydrogen) atoms. The standard InChI is InChI=1S/C19H19N3O4/c1-25-12-18(23)20-14-7-9-15(10-8-14)21-19(24)17-11-16(22-26-17)13-5-3-2-4-6-13/h2-10,17H,11-12H2,1H3,(H,20,23)(H,21,24). The Hall–Kier alpha value is -3.19. The van der Waals surface area contributed by atoms with Crippen molar-refractivity contribution in [2.24, 2.45) is 5.16 Å². The third kappa shape index (κ3) is 4.46. The number of methoxy groups -OCH3 is 1. The molecule has 3 rings (SSSR count). The van der Waals surface area contributed by atoms with Gasteiger partial charge in [0.2, 0.25) is 12.0 Å². The van der Waals surface area contributed by atoms with Crippen molar-refractivity contribution in [1.82, 2.24) is 0 Å². The zero-order valence-electron chi connectivity index (χ0n) is 14.3. The summed E-state index contributed by atoms with van der Waals surface area (Å²) < 4.78 is 4.76. The second-order valence-electron chi connectivity index (χ2n) is 5.75. The molecule has 7 nitrogen and oxygen atoms in total. The molecule has 7 heteroatoms. The van der Waals surface area contributed by atoms with Crippen molar-refractivity contribution in [3.63, 3.8) is 0 Å². The van der Waals surface area contributed by atoms with E-state index in [0.29, 0.717) is 17.8 Å². The molecule has 0 fully saturated rings. The van der Waals surface area contributed by atoms with E-state index in [1.807, 2.05) is 30.3 Å². The number of benzene rings is 2. The molecule has 2 aromatic carbocycles. The normalized spacial score (nSPS) is 15.7. The van der Waals surface area contributed by atoms with Crippen molar-refractivity contribution < 1.29 is 19.2 Å². The van der Waals surface area contributed by atoms with Gasteiger partial charge in [0.05, 0.1) is 5.71 Å². The lowest BCUT2D eigenvalue weighted by Gasteiger charge is -2.10. The van der Waals surface area contributed by atoms with Crippen LogP contribution >= 0.6 is 0 Å². The summed E-state index contributed by atoms with van der Waals surface area (Å²) in [6.07, 6.45) is -0.243. The number of ether oxygens (including phenoxy) is 1. The number of anilines is 2. The maximum Gasteiger partial charge on any atom is 0.268 e. The van der Waals surface area contributed by atoms with Gasteiger partial charge in [-0.05, 0) is 29.8 Å². The smallest absolute Gasteiger partial charge is 0.268 e. The minimum atomic E-state index is -0.661. The van der Waals surface area contributed by atoms with E-state index in [0.717, 1.165) is 11.3 Å². The molecule has 0 saturated heterocycles. The van der Waals surface area contributed by atoms with Crippen LogP contribution in [0.4, 0.5) is 11.4 Å². The van der Waals surface area contributed by atoms with Crippen LogP contribution in [0, 0.1) is 0 Å². The fraction of sp³-hybridized carbons (Fsp3) is 0.211. The van der Waals surface area contributed by atoms with Gasteiger partial charge < -0.3 is 20.2 Å². The number of hydrogen-bond donors (Lipinski definition) is 2. The van der Waals surface area contributed by atoms with Crippen molar-refractivity contribution in [2.75, 3.05) is 24.4 Å². The molecule has 1 aliphatic rings. The van der Waals surface area contributed by atoms with E-state index in [2.05, 4.69) is 15.8 Å². The highest BCUT2D eigenvalue weighted by molar-refractivity contribution is 6.06. The van der Waals surface area contributed by atoms with Gasteiger partial charge in [-0.3, -0.25) is 9.59 Å². The van der Waals surface area contributed by atoms with Crippen LogP contribution in [0.15, 0.2) is 59.8 Å². The lowest BCUT2D eigenvalue weighted by molar-refractivity contribution is -0.125. The predicted molar refractivity (Wildman–Crippen MR) is 98.0 cm³/mol. The predicted octanol–water partition coefficient (Wildman–Crippen LogP) is 2.40. The Morgan fingerprint density at radius 1 is 1.08 bits per heavy atom. The number of carbonyl (C=O) groups is 2. The molecular formula is C19H19N3O4. The lowest BCUT2D eigenvalue weighted by Crippen LogP contribution is -2.28. The summed E-state index contributed by atoms with van der Waals surface area (Å²) in [6, 6.07) is 16.4. The second kappa shape index (κ2) is 8.26. The molecule has 2 aromatic rings. The molecule has 1 atom stereocenters. The molecule has 134 valence electrons.